The summed E-state index contributed by atoms with van der Waals surface area (Å²) in [4.78, 5) is 41.7. The molecule has 8 heteroatoms. The number of nitrogens with one attached hydrogen (secondary N) is 1. The molecule has 0 saturated heterocycles. The number of rotatable bonds is 8. The van der Waals surface area contributed by atoms with Crippen LogP contribution in [0.3, 0.4) is 0 Å². The second-order valence-corrected chi connectivity index (χ2v) is 6.82. The van der Waals surface area contributed by atoms with E-state index in [-0.39, 0.29) is 17.4 Å². The molecular formula is C18H24N4O3S. The summed E-state index contributed by atoms with van der Waals surface area (Å²) in [6, 6.07) is 3.79. The molecule has 0 fully saturated rings. The number of nitrogens with zero attached hydrogens (tertiary/aromatic N) is 2. The zero-order valence-corrected chi connectivity index (χ0v) is 15.8. The van der Waals surface area contributed by atoms with Crippen molar-refractivity contribution in [1.29, 1.82) is 0 Å². The summed E-state index contributed by atoms with van der Waals surface area (Å²) in [5.74, 6) is -0.323. The molecule has 0 aliphatic rings. The molecule has 26 heavy (non-hydrogen) atoms. The zero-order chi connectivity index (χ0) is 19.1. The Labute approximate surface area is 155 Å². The third-order valence-electron chi connectivity index (χ3n) is 3.87. The van der Waals surface area contributed by atoms with Crippen molar-refractivity contribution in [3.63, 3.8) is 0 Å². The van der Waals surface area contributed by atoms with Crippen molar-refractivity contribution in [2.75, 3.05) is 17.2 Å². The van der Waals surface area contributed by atoms with Gasteiger partial charge in [-0.1, -0.05) is 26.3 Å². The Morgan fingerprint density at radius 1 is 1.35 bits per heavy atom. The number of H-pyrrole nitrogens is 1. The van der Waals surface area contributed by atoms with Gasteiger partial charge in [0, 0.05) is 24.0 Å². The summed E-state index contributed by atoms with van der Waals surface area (Å²) in [5.41, 5.74) is 4.94. The van der Waals surface area contributed by atoms with Crippen LogP contribution in [0.4, 0.5) is 11.5 Å². The molecule has 0 unspecified atom stereocenters. The van der Waals surface area contributed by atoms with Gasteiger partial charge in [0.25, 0.3) is 11.5 Å². The number of anilines is 2. The Morgan fingerprint density at radius 2 is 2.12 bits per heavy atom. The molecule has 0 bridgehead atoms. The first-order valence-corrected chi connectivity index (χ1v) is 9.53. The van der Waals surface area contributed by atoms with E-state index in [1.54, 1.807) is 6.08 Å². The van der Waals surface area contributed by atoms with Crippen molar-refractivity contribution in [3.05, 3.63) is 49.3 Å². The van der Waals surface area contributed by atoms with Gasteiger partial charge in [0.2, 0.25) is 0 Å². The van der Waals surface area contributed by atoms with Gasteiger partial charge >= 0.3 is 5.69 Å². The smallest absolute Gasteiger partial charge is 0.330 e. The lowest BCUT2D eigenvalue weighted by Crippen LogP contribution is -2.41. The van der Waals surface area contributed by atoms with E-state index in [4.69, 9.17) is 5.73 Å². The zero-order valence-electron chi connectivity index (χ0n) is 15.0. The Balaban J connectivity index is 2.44. The number of aromatic amines is 1. The summed E-state index contributed by atoms with van der Waals surface area (Å²) in [5, 5.41) is 1.92. The second-order valence-electron chi connectivity index (χ2n) is 5.84. The second kappa shape index (κ2) is 9.19. The highest BCUT2D eigenvalue weighted by Gasteiger charge is 2.22. The summed E-state index contributed by atoms with van der Waals surface area (Å²) < 4.78 is 1.32. The van der Waals surface area contributed by atoms with Crippen molar-refractivity contribution < 1.29 is 4.79 Å². The minimum atomic E-state index is -0.647. The fraction of sp³-hybridized carbons (Fsp3) is 0.389. The number of amides is 1. The number of nitrogen functional groups attached to an aromatic ring is 1. The van der Waals surface area contributed by atoms with E-state index in [2.05, 4.69) is 4.98 Å². The lowest BCUT2D eigenvalue weighted by atomic mass is 10.3. The number of thiophene rings is 1. The van der Waals surface area contributed by atoms with Gasteiger partial charge in [-0.05, 0) is 30.4 Å². The Bertz CT molecular complexity index is 881. The molecule has 0 spiro atoms. The van der Waals surface area contributed by atoms with E-state index in [0.717, 1.165) is 17.7 Å². The first kappa shape index (κ1) is 19.7. The first-order chi connectivity index (χ1) is 12.5. The van der Waals surface area contributed by atoms with E-state index in [9.17, 15) is 14.4 Å². The maximum atomic E-state index is 12.7. The number of unbranched alkanes of at least 4 members (excludes halogenated alkanes) is 1. The van der Waals surface area contributed by atoms with Gasteiger partial charge in [-0.15, -0.1) is 11.3 Å². The third kappa shape index (κ3) is 4.51. The largest absolute Gasteiger partial charge is 0.383 e. The normalized spacial score (nSPS) is 11.2. The molecule has 0 aliphatic heterocycles. The van der Waals surface area contributed by atoms with Gasteiger partial charge < -0.3 is 10.6 Å². The molecule has 2 rings (SSSR count). The van der Waals surface area contributed by atoms with E-state index in [1.807, 2.05) is 31.4 Å². The monoisotopic (exact) mass is 376 g/mol. The summed E-state index contributed by atoms with van der Waals surface area (Å²) in [6.07, 6.45) is 5.39. The highest BCUT2D eigenvalue weighted by atomic mass is 32.1. The SMILES string of the molecule is CCCCn1c(N)c(N(CCC)C(=O)C=Cc2cccs2)c(=O)[nH]c1=O. The molecule has 0 atom stereocenters. The predicted octanol–water partition coefficient (Wildman–Crippen LogP) is 2.44. The molecule has 2 aromatic rings. The molecule has 0 radical (unpaired) electrons. The molecule has 0 aromatic carbocycles. The molecule has 2 aromatic heterocycles. The molecule has 140 valence electrons. The topological polar surface area (TPSA) is 101 Å². The standard InChI is InChI=1S/C18H24N4O3S/c1-3-5-11-22-16(19)15(17(24)20-18(22)25)21(10-4-2)14(23)9-8-13-7-6-12-26-13/h6-9,12H,3-5,10-11,19H2,1-2H3,(H,20,24,25). The highest BCUT2D eigenvalue weighted by Crippen LogP contribution is 2.19. The first-order valence-electron chi connectivity index (χ1n) is 8.65. The van der Waals surface area contributed by atoms with Gasteiger partial charge in [0.1, 0.15) is 5.82 Å². The van der Waals surface area contributed by atoms with Crippen LogP contribution in [0, 0.1) is 0 Å². The van der Waals surface area contributed by atoms with Crippen molar-refractivity contribution in [2.24, 2.45) is 0 Å². The number of hydrogen-bond acceptors (Lipinski definition) is 5. The fourth-order valence-corrected chi connectivity index (χ4v) is 3.18. The lowest BCUT2D eigenvalue weighted by Gasteiger charge is -2.23. The molecule has 2 heterocycles. The highest BCUT2D eigenvalue weighted by molar-refractivity contribution is 7.10. The average Bonchev–Trinajstić information content (AvgIpc) is 3.12. The molecule has 1 amide bonds. The van der Waals surface area contributed by atoms with Crippen molar-refractivity contribution in [3.8, 4) is 0 Å². The Hall–Kier alpha value is -2.61. The quantitative estimate of drug-likeness (QED) is 0.691. The lowest BCUT2D eigenvalue weighted by molar-refractivity contribution is -0.114. The predicted molar refractivity (Wildman–Crippen MR) is 107 cm³/mol. The van der Waals surface area contributed by atoms with Gasteiger partial charge in [0.15, 0.2) is 5.69 Å². The number of hydrogen-bond donors (Lipinski definition) is 2. The van der Waals surface area contributed by atoms with Crippen molar-refractivity contribution in [1.82, 2.24) is 9.55 Å². The summed E-state index contributed by atoms with van der Waals surface area (Å²) >= 11 is 1.51. The minimum Gasteiger partial charge on any atom is -0.383 e. The minimum absolute atomic E-state index is 0.0264. The summed E-state index contributed by atoms with van der Waals surface area (Å²) in [6.45, 7) is 4.62. The van der Waals surface area contributed by atoms with E-state index >= 15 is 0 Å². The average molecular weight is 376 g/mol. The van der Waals surface area contributed by atoms with Crippen LogP contribution in [0.2, 0.25) is 0 Å². The van der Waals surface area contributed by atoms with Crippen LogP contribution in [-0.2, 0) is 11.3 Å². The van der Waals surface area contributed by atoms with Crippen LogP contribution in [0.25, 0.3) is 6.08 Å². The molecular weight excluding hydrogens is 352 g/mol. The van der Waals surface area contributed by atoms with Crippen LogP contribution in [-0.4, -0.2) is 22.0 Å². The number of nitrogens with two attached hydrogens (primary N) is 1. The molecule has 0 aliphatic carbocycles. The summed E-state index contributed by atoms with van der Waals surface area (Å²) in [7, 11) is 0. The van der Waals surface area contributed by atoms with Crippen molar-refractivity contribution >= 4 is 34.8 Å². The van der Waals surface area contributed by atoms with Crippen LogP contribution >= 0.6 is 11.3 Å². The Kier molecular flexibility index (Phi) is 6.97. The van der Waals surface area contributed by atoms with Gasteiger partial charge in [0.05, 0.1) is 0 Å². The van der Waals surface area contributed by atoms with Gasteiger partial charge in [-0.3, -0.25) is 19.1 Å². The molecule has 7 nitrogen and oxygen atoms in total. The van der Waals surface area contributed by atoms with Crippen LogP contribution in [0.1, 0.15) is 38.0 Å². The van der Waals surface area contributed by atoms with E-state index < -0.39 is 11.2 Å². The van der Waals surface area contributed by atoms with Gasteiger partial charge in [-0.25, -0.2) is 4.79 Å². The fourth-order valence-electron chi connectivity index (χ4n) is 2.56. The van der Waals surface area contributed by atoms with Crippen LogP contribution in [0.15, 0.2) is 33.2 Å². The maximum absolute atomic E-state index is 12.7. The van der Waals surface area contributed by atoms with E-state index in [1.165, 1.54) is 26.9 Å². The number of aromatic nitrogens is 2. The molecule has 0 saturated carbocycles. The van der Waals surface area contributed by atoms with Crippen LogP contribution < -0.4 is 21.9 Å². The van der Waals surface area contributed by atoms with Crippen molar-refractivity contribution in [2.45, 2.75) is 39.7 Å². The number of carbonyl (C=O) groups excluding carboxylic acids is 1. The number of carbonyl (C=O) groups is 1. The van der Waals surface area contributed by atoms with Crippen LogP contribution in [0.5, 0.6) is 0 Å². The molecule has 3 N–H and O–H groups in total. The third-order valence-corrected chi connectivity index (χ3v) is 4.70. The Morgan fingerprint density at radius 3 is 2.73 bits per heavy atom. The van der Waals surface area contributed by atoms with E-state index in [0.29, 0.717) is 19.5 Å². The maximum Gasteiger partial charge on any atom is 0.330 e. The van der Waals surface area contributed by atoms with Gasteiger partial charge in [-0.2, -0.15) is 0 Å².